The van der Waals surface area contributed by atoms with E-state index in [-0.39, 0.29) is 55.8 Å². The molecule has 0 saturated heterocycles. The predicted molar refractivity (Wildman–Crippen MR) is 40.5 cm³/mol. The van der Waals surface area contributed by atoms with Crippen LogP contribution in [0.15, 0.2) is 0 Å². The van der Waals surface area contributed by atoms with E-state index in [0.29, 0.717) is 0 Å². The normalized spacial score (nSPS) is 6.00. The van der Waals surface area contributed by atoms with Crippen molar-refractivity contribution in [1.82, 2.24) is 0 Å². The van der Waals surface area contributed by atoms with Gasteiger partial charge in [0.05, 0.1) is 0 Å². The second-order valence-electron chi connectivity index (χ2n) is 3.00. The van der Waals surface area contributed by atoms with Crippen molar-refractivity contribution in [2.75, 3.05) is 0 Å². The molecule has 0 bridgehead atoms. The maximum absolute atomic E-state index is 2.08. The molecule has 0 aromatic rings. The third kappa shape index (κ3) is 592. The summed E-state index contributed by atoms with van der Waals surface area (Å²) >= 11 is 0. The summed E-state index contributed by atoms with van der Waals surface area (Å²) in [5.41, 5.74) is 0. The second kappa shape index (κ2) is 29.4. The Labute approximate surface area is 109 Å². The molecule has 0 fully saturated rings. The van der Waals surface area contributed by atoms with E-state index in [2.05, 4.69) is 41.5 Å². The van der Waals surface area contributed by atoms with E-state index in [9.17, 15) is 0 Å². The zero-order chi connectivity index (χ0) is 7.15. The van der Waals surface area contributed by atoms with Crippen LogP contribution >= 0.6 is 0 Å². The molecule has 0 aromatic heterocycles. The van der Waals surface area contributed by atoms with Crippen molar-refractivity contribution < 1.29 is 55.8 Å². The summed E-state index contributed by atoms with van der Waals surface area (Å²) < 4.78 is 0. The molecule has 0 rings (SSSR count). The van der Waals surface area contributed by atoms with Crippen molar-refractivity contribution in [3.05, 3.63) is 11.8 Å². The topological polar surface area (TPSA) is 0 Å². The van der Waals surface area contributed by atoms with Crippen LogP contribution in [-0.2, 0) is 18.6 Å². The third-order valence-corrected chi connectivity index (χ3v) is 0. The van der Waals surface area contributed by atoms with Crippen molar-refractivity contribution >= 4 is 0 Å². The molecular formula is C8H18Cl3V-5. The van der Waals surface area contributed by atoms with E-state index in [1.165, 1.54) is 11.8 Å². The van der Waals surface area contributed by atoms with Crippen LogP contribution in [0.25, 0.3) is 0 Å². The quantitative estimate of drug-likeness (QED) is 0.385. The van der Waals surface area contributed by atoms with Crippen molar-refractivity contribution in [3.63, 3.8) is 0 Å². The standard InChI is InChI=1S/2C4H9.3ClH.V/c2*1-4(2)3;;;;/h2*1-3H3;3*1H;/q2*-1;;;;/p-3. The van der Waals surface area contributed by atoms with Crippen LogP contribution in [0.3, 0.4) is 0 Å². The summed E-state index contributed by atoms with van der Waals surface area (Å²) in [6.07, 6.45) is 0. The van der Waals surface area contributed by atoms with Gasteiger partial charge in [0.25, 0.3) is 0 Å². The van der Waals surface area contributed by atoms with Gasteiger partial charge >= 0.3 is 0 Å². The Kier molecular flexibility index (Phi) is 92.0. The monoisotopic (exact) mass is 270 g/mol. The minimum atomic E-state index is 0. The fraction of sp³-hybridized carbons (Fsp3) is 0.750. The second-order valence-corrected chi connectivity index (χ2v) is 3.00. The van der Waals surface area contributed by atoms with E-state index in [4.69, 9.17) is 0 Å². The van der Waals surface area contributed by atoms with E-state index in [1.807, 2.05) is 0 Å². The minimum Gasteiger partial charge on any atom is -1.00 e. The minimum absolute atomic E-state index is 0. The number of halogens is 3. The van der Waals surface area contributed by atoms with Gasteiger partial charge in [-0.15, -0.1) is 0 Å². The van der Waals surface area contributed by atoms with Crippen molar-refractivity contribution in [1.29, 1.82) is 0 Å². The van der Waals surface area contributed by atoms with Crippen molar-refractivity contribution in [3.8, 4) is 0 Å². The first kappa shape index (κ1) is 37.6. The van der Waals surface area contributed by atoms with Crippen molar-refractivity contribution in [2.45, 2.75) is 41.5 Å². The SMILES string of the molecule is C[C-](C)C.C[C-](C)C.[Cl-].[Cl-].[Cl-].[V]. The van der Waals surface area contributed by atoms with Crippen molar-refractivity contribution in [2.24, 2.45) is 0 Å². The Morgan fingerprint density at radius 1 is 0.500 bits per heavy atom. The van der Waals surface area contributed by atoms with E-state index >= 15 is 0 Å². The Balaban J connectivity index is -0.0000000112. The van der Waals surface area contributed by atoms with Gasteiger partial charge in [0.15, 0.2) is 0 Å². The maximum atomic E-state index is 2.08. The summed E-state index contributed by atoms with van der Waals surface area (Å²) in [4.78, 5) is 0. The Bertz CT molecular complexity index is 29.8. The van der Waals surface area contributed by atoms with E-state index in [1.54, 1.807) is 0 Å². The molecule has 0 aliphatic carbocycles. The molecule has 4 heteroatoms. The molecule has 0 saturated carbocycles. The first-order valence-corrected chi connectivity index (χ1v) is 3.00. The van der Waals surface area contributed by atoms with E-state index < -0.39 is 0 Å². The fourth-order valence-corrected chi connectivity index (χ4v) is 0. The number of rotatable bonds is 0. The molecule has 1 radical (unpaired) electrons. The predicted octanol–water partition coefficient (Wildman–Crippen LogP) is -5.75. The van der Waals surface area contributed by atoms with Gasteiger partial charge in [-0.3, -0.25) is 0 Å². The Hall–Kier alpha value is 1.45. The Morgan fingerprint density at radius 2 is 0.500 bits per heavy atom. The maximum Gasteiger partial charge on any atom is 0 e. The van der Waals surface area contributed by atoms with Gasteiger partial charge in [-0.05, 0) is 0 Å². The molecule has 0 aliphatic rings. The molecule has 0 amide bonds. The molecular weight excluding hydrogens is 253 g/mol. The van der Waals surface area contributed by atoms with E-state index in [0.717, 1.165) is 0 Å². The average Bonchev–Trinajstić information content (AvgIpc) is 1.25. The molecule has 0 aromatic carbocycles. The molecule has 0 heterocycles. The summed E-state index contributed by atoms with van der Waals surface area (Å²) in [6.45, 7) is 12.5. The van der Waals surface area contributed by atoms with Crippen LogP contribution in [0.1, 0.15) is 41.5 Å². The number of hydrogen-bond donors (Lipinski definition) is 0. The van der Waals surface area contributed by atoms with Crippen LogP contribution in [0.5, 0.6) is 0 Å². The molecule has 0 aliphatic heterocycles. The first-order chi connectivity index (χ1) is 3.46. The smallest absolute Gasteiger partial charge is 0 e. The van der Waals surface area contributed by atoms with Gasteiger partial charge < -0.3 is 49.1 Å². The summed E-state index contributed by atoms with van der Waals surface area (Å²) in [5, 5.41) is 0. The molecule has 0 nitrogen and oxygen atoms in total. The third-order valence-electron chi connectivity index (χ3n) is 0. The first-order valence-electron chi connectivity index (χ1n) is 3.00. The molecule has 0 atom stereocenters. The van der Waals surface area contributed by atoms with Gasteiger partial charge in [0.2, 0.25) is 0 Å². The zero-order valence-corrected chi connectivity index (χ0v) is 12.2. The molecule has 0 N–H and O–H groups in total. The largest absolute Gasteiger partial charge is 1.00 e. The van der Waals surface area contributed by atoms with Gasteiger partial charge in [0, 0.05) is 18.6 Å². The Morgan fingerprint density at radius 3 is 0.500 bits per heavy atom. The molecule has 12 heavy (non-hydrogen) atoms. The van der Waals surface area contributed by atoms with Crippen LogP contribution in [0, 0.1) is 11.8 Å². The summed E-state index contributed by atoms with van der Waals surface area (Å²) in [5.74, 6) is 2.83. The molecule has 81 valence electrons. The zero-order valence-electron chi connectivity index (χ0n) is 8.58. The summed E-state index contributed by atoms with van der Waals surface area (Å²) in [7, 11) is 0. The van der Waals surface area contributed by atoms with Crippen LogP contribution in [-0.4, -0.2) is 0 Å². The average molecular weight is 272 g/mol. The molecule has 0 unspecified atom stereocenters. The van der Waals surface area contributed by atoms with Gasteiger partial charge in [0.1, 0.15) is 0 Å². The molecule has 0 spiro atoms. The summed E-state index contributed by atoms with van der Waals surface area (Å²) in [6, 6.07) is 0. The van der Waals surface area contributed by atoms with Crippen LogP contribution in [0.2, 0.25) is 0 Å². The van der Waals surface area contributed by atoms with Crippen LogP contribution < -0.4 is 37.2 Å². The fourth-order valence-electron chi connectivity index (χ4n) is 0. The van der Waals surface area contributed by atoms with Gasteiger partial charge in [-0.1, -0.05) is 0 Å². The van der Waals surface area contributed by atoms with Crippen LogP contribution in [0.4, 0.5) is 0 Å². The number of hydrogen-bond acceptors (Lipinski definition) is 0. The van der Waals surface area contributed by atoms with Gasteiger partial charge in [-0.2, -0.15) is 41.5 Å². The van der Waals surface area contributed by atoms with Gasteiger partial charge in [-0.25, -0.2) is 0 Å².